The van der Waals surface area contributed by atoms with E-state index >= 15 is 0 Å². The zero-order chi connectivity index (χ0) is 12.3. The molecule has 1 aromatic heterocycles. The number of aromatic carboxylic acids is 1. The van der Waals surface area contributed by atoms with Crippen LogP contribution < -0.4 is 5.32 Å². The van der Waals surface area contributed by atoms with Gasteiger partial charge in [-0.05, 0) is 12.8 Å². The highest BCUT2D eigenvalue weighted by molar-refractivity contribution is 5.84. The highest BCUT2D eigenvalue weighted by atomic mass is 16.4. The molecule has 1 aromatic rings. The quantitative estimate of drug-likeness (QED) is 0.719. The number of hydrogen-bond acceptors (Lipinski definition) is 5. The summed E-state index contributed by atoms with van der Waals surface area (Å²) in [6, 6.07) is 0. The lowest BCUT2D eigenvalue weighted by molar-refractivity contribution is 0.0612. The van der Waals surface area contributed by atoms with Crippen LogP contribution >= 0.6 is 0 Å². The molecule has 0 amide bonds. The number of carboxylic acid groups (broad SMARTS) is 1. The number of hydrogen-bond donors (Lipinski definition) is 3. The Hall–Kier alpha value is -1.69. The number of rotatable bonds is 4. The molecule has 0 atom stereocenters. The molecule has 2 rings (SSSR count). The van der Waals surface area contributed by atoms with Crippen LogP contribution in [0, 0.1) is 0 Å². The molecule has 0 saturated heterocycles. The molecule has 6 heteroatoms. The third-order valence-corrected chi connectivity index (χ3v) is 3.00. The Morgan fingerprint density at radius 1 is 1.35 bits per heavy atom. The molecule has 0 aromatic carbocycles. The van der Waals surface area contributed by atoms with E-state index in [4.69, 9.17) is 5.11 Å². The van der Waals surface area contributed by atoms with Gasteiger partial charge in [-0.2, -0.15) is 0 Å². The Balaban J connectivity index is 1.93. The van der Waals surface area contributed by atoms with Crippen molar-refractivity contribution in [1.82, 2.24) is 9.97 Å². The Kier molecular flexibility index (Phi) is 3.23. The summed E-state index contributed by atoms with van der Waals surface area (Å²) in [4.78, 5) is 18.2. The normalized spacial score (nSPS) is 17.9. The number of aliphatic hydroxyl groups is 1. The Labute approximate surface area is 98.7 Å². The van der Waals surface area contributed by atoms with Gasteiger partial charge in [0.15, 0.2) is 5.69 Å². The largest absolute Gasteiger partial charge is 0.476 e. The molecule has 1 heterocycles. The summed E-state index contributed by atoms with van der Waals surface area (Å²) in [6.45, 7) is 0.425. The van der Waals surface area contributed by atoms with Crippen molar-refractivity contribution in [2.45, 2.75) is 31.3 Å². The molecule has 6 nitrogen and oxygen atoms in total. The van der Waals surface area contributed by atoms with E-state index in [1.54, 1.807) is 0 Å². The number of nitrogens with one attached hydrogen (secondary N) is 1. The maximum atomic E-state index is 10.6. The molecular formula is C11H15N3O3. The van der Waals surface area contributed by atoms with Gasteiger partial charge in [-0.3, -0.25) is 0 Å². The number of anilines is 1. The first-order valence-corrected chi connectivity index (χ1v) is 5.61. The predicted octanol–water partition coefficient (Wildman–Crippen LogP) is 0.892. The van der Waals surface area contributed by atoms with Crippen molar-refractivity contribution < 1.29 is 15.0 Å². The van der Waals surface area contributed by atoms with E-state index in [1.165, 1.54) is 12.4 Å². The van der Waals surface area contributed by atoms with E-state index in [-0.39, 0.29) is 5.69 Å². The van der Waals surface area contributed by atoms with E-state index < -0.39 is 11.6 Å². The minimum Gasteiger partial charge on any atom is -0.476 e. The molecular weight excluding hydrogens is 222 g/mol. The minimum atomic E-state index is -1.10. The summed E-state index contributed by atoms with van der Waals surface area (Å²) in [5, 5.41) is 21.7. The second-order valence-corrected chi connectivity index (χ2v) is 4.38. The molecule has 1 saturated carbocycles. The van der Waals surface area contributed by atoms with Crippen molar-refractivity contribution in [3.8, 4) is 0 Å². The second kappa shape index (κ2) is 4.67. The van der Waals surface area contributed by atoms with Crippen LogP contribution in [0.3, 0.4) is 0 Å². The maximum absolute atomic E-state index is 10.6. The maximum Gasteiger partial charge on any atom is 0.356 e. The van der Waals surface area contributed by atoms with Gasteiger partial charge >= 0.3 is 5.97 Å². The summed E-state index contributed by atoms with van der Waals surface area (Å²) in [6.07, 6.45) is 6.23. The van der Waals surface area contributed by atoms with E-state index in [9.17, 15) is 9.90 Å². The highest BCUT2D eigenvalue weighted by Gasteiger charge is 2.30. The fraction of sp³-hybridized carbons (Fsp3) is 0.545. The first-order chi connectivity index (χ1) is 8.09. The Morgan fingerprint density at radius 3 is 2.59 bits per heavy atom. The zero-order valence-electron chi connectivity index (χ0n) is 9.39. The highest BCUT2D eigenvalue weighted by Crippen LogP contribution is 2.29. The molecule has 0 unspecified atom stereocenters. The smallest absolute Gasteiger partial charge is 0.356 e. The van der Waals surface area contributed by atoms with E-state index in [1.807, 2.05) is 0 Å². The number of aromatic nitrogens is 2. The van der Waals surface area contributed by atoms with Gasteiger partial charge in [-0.15, -0.1) is 0 Å². The second-order valence-electron chi connectivity index (χ2n) is 4.38. The average Bonchev–Trinajstić information content (AvgIpc) is 2.75. The molecule has 0 radical (unpaired) electrons. The first-order valence-electron chi connectivity index (χ1n) is 5.61. The van der Waals surface area contributed by atoms with Gasteiger partial charge in [0.1, 0.15) is 5.82 Å². The fourth-order valence-corrected chi connectivity index (χ4v) is 1.99. The summed E-state index contributed by atoms with van der Waals surface area (Å²) >= 11 is 0. The molecule has 1 aliphatic carbocycles. The van der Waals surface area contributed by atoms with E-state index in [2.05, 4.69) is 15.3 Å². The molecule has 1 aliphatic rings. The van der Waals surface area contributed by atoms with Crippen LogP contribution in [0.25, 0.3) is 0 Å². The zero-order valence-corrected chi connectivity index (χ0v) is 9.39. The SMILES string of the molecule is O=C(O)c1cnc(NCC2(O)CCCC2)cn1. The van der Waals surface area contributed by atoms with Crippen molar-refractivity contribution in [1.29, 1.82) is 0 Å². The van der Waals surface area contributed by atoms with Crippen LogP contribution in [-0.4, -0.2) is 38.3 Å². The van der Waals surface area contributed by atoms with Crippen LogP contribution in [0.2, 0.25) is 0 Å². The first kappa shape index (κ1) is 11.8. The van der Waals surface area contributed by atoms with Crippen LogP contribution in [0.5, 0.6) is 0 Å². The van der Waals surface area contributed by atoms with Gasteiger partial charge in [0.25, 0.3) is 0 Å². The number of carbonyl (C=O) groups is 1. The molecule has 3 N–H and O–H groups in total. The van der Waals surface area contributed by atoms with Gasteiger partial charge in [0.2, 0.25) is 0 Å². The summed E-state index contributed by atoms with van der Waals surface area (Å²) in [5.74, 6) is -0.617. The van der Waals surface area contributed by atoms with Crippen molar-refractivity contribution in [3.05, 3.63) is 18.1 Å². The lowest BCUT2D eigenvalue weighted by atomic mass is 10.0. The van der Waals surface area contributed by atoms with Crippen molar-refractivity contribution in [2.24, 2.45) is 0 Å². The predicted molar refractivity (Wildman–Crippen MR) is 60.9 cm³/mol. The van der Waals surface area contributed by atoms with E-state index in [0.29, 0.717) is 12.4 Å². The van der Waals surface area contributed by atoms with Gasteiger partial charge in [-0.25, -0.2) is 14.8 Å². The average molecular weight is 237 g/mol. The molecule has 0 spiro atoms. The number of carboxylic acids is 1. The van der Waals surface area contributed by atoms with Gasteiger partial charge in [0, 0.05) is 6.54 Å². The van der Waals surface area contributed by atoms with Crippen LogP contribution in [0.15, 0.2) is 12.4 Å². The van der Waals surface area contributed by atoms with Gasteiger partial charge in [-0.1, -0.05) is 12.8 Å². The fourth-order valence-electron chi connectivity index (χ4n) is 1.99. The monoisotopic (exact) mass is 237 g/mol. The van der Waals surface area contributed by atoms with E-state index in [0.717, 1.165) is 25.7 Å². The summed E-state index contributed by atoms with van der Waals surface area (Å²) in [7, 11) is 0. The van der Waals surface area contributed by atoms with Crippen LogP contribution in [0.4, 0.5) is 5.82 Å². The minimum absolute atomic E-state index is 0.0878. The lowest BCUT2D eigenvalue weighted by Crippen LogP contribution is -2.33. The third-order valence-electron chi connectivity index (χ3n) is 3.00. The summed E-state index contributed by atoms with van der Waals surface area (Å²) in [5.41, 5.74) is -0.747. The van der Waals surface area contributed by atoms with Crippen LogP contribution in [-0.2, 0) is 0 Å². The van der Waals surface area contributed by atoms with Crippen molar-refractivity contribution in [3.63, 3.8) is 0 Å². The van der Waals surface area contributed by atoms with Crippen molar-refractivity contribution in [2.75, 3.05) is 11.9 Å². The topological polar surface area (TPSA) is 95.3 Å². The van der Waals surface area contributed by atoms with Gasteiger partial charge in [0.05, 0.1) is 18.0 Å². The Morgan fingerprint density at radius 2 is 2.06 bits per heavy atom. The molecule has 1 fully saturated rings. The molecule has 0 bridgehead atoms. The third kappa shape index (κ3) is 2.91. The van der Waals surface area contributed by atoms with Crippen LogP contribution in [0.1, 0.15) is 36.2 Å². The lowest BCUT2D eigenvalue weighted by Gasteiger charge is -2.22. The summed E-state index contributed by atoms with van der Waals surface area (Å²) < 4.78 is 0. The van der Waals surface area contributed by atoms with Crippen molar-refractivity contribution >= 4 is 11.8 Å². The standard InChI is InChI=1S/C11H15N3O3/c15-10(16)8-5-13-9(6-12-8)14-7-11(17)3-1-2-4-11/h5-6,17H,1-4,7H2,(H,13,14)(H,15,16). The number of nitrogens with zero attached hydrogens (tertiary/aromatic N) is 2. The molecule has 0 aliphatic heterocycles. The Bertz CT molecular complexity index is 399. The van der Waals surface area contributed by atoms with Gasteiger partial charge < -0.3 is 15.5 Å². The molecule has 92 valence electrons. The molecule has 17 heavy (non-hydrogen) atoms.